The first-order valence-corrected chi connectivity index (χ1v) is 18.3. The number of hydrogen-bond acceptors (Lipinski definition) is 5. The van der Waals surface area contributed by atoms with Crippen molar-refractivity contribution in [2.75, 3.05) is 0 Å². The number of aliphatic hydroxyl groups is 3. The topological polar surface area (TPSA) is 104 Å². The molecule has 246 valence electrons. The van der Waals surface area contributed by atoms with Crippen LogP contribution in [0.15, 0.2) is 0 Å². The van der Waals surface area contributed by atoms with Gasteiger partial charge in [0, 0.05) is 6.42 Å². The van der Waals surface area contributed by atoms with Gasteiger partial charge in [-0.05, 0) is 12.8 Å². The Morgan fingerprint density at radius 3 is 1.10 bits per heavy atom. The monoisotopic (exact) mass is 584 g/mol. The summed E-state index contributed by atoms with van der Waals surface area (Å²) in [5.41, 5.74) is 5.66. The van der Waals surface area contributed by atoms with Gasteiger partial charge in [0.2, 0.25) is 0 Å². The van der Waals surface area contributed by atoms with Crippen molar-refractivity contribution >= 4 is 5.78 Å². The molecule has 41 heavy (non-hydrogen) atoms. The smallest absolute Gasteiger partial charge is 0.142 e. The first-order valence-electron chi connectivity index (χ1n) is 18.3. The second-order valence-corrected chi connectivity index (χ2v) is 12.9. The van der Waals surface area contributed by atoms with Crippen molar-refractivity contribution in [3.63, 3.8) is 0 Å². The number of carbonyl (C=O) groups excluding carboxylic acids is 1. The lowest BCUT2D eigenvalue weighted by Gasteiger charge is -2.28. The second-order valence-electron chi connectivity index (χ2n) is 12.9. The summed E-state index contributed by atoms with van der Waals surface area (Å²) in [6.07, 6.45) is 30.8. The van der Waals surface area contributed by atoms with Crippen molar-refractivity contribution in [3.8, 4) is 0 Å². The Morgan fingerprint density at radius 2 is 0.780 bits per heavy atom. The molecule has 0 radical (unpaired) electrons. The van der Waals surface area contributed by atoms with Gasteiger partial charge in [-0.15, -0.1) is 0 Å². The van der Waals surface area contributed by atoms with Gasteiger partial charge in [-0.25, -0.2) is 0 Å². The van der Waals surface area contributed by atoms with Crippen molar-refractivity contribution < 1.29 is 20.1 Å². The lowest BCUT2D eigenvalue weighted by atomic mass is 9.87. The molecule has 0 aliphatic heterocycles. The highest BCUT2D eigenvalue weighted by Crippen LogP contribution is 2.21. The molecule has 0 aliphatic carbocycles. The number of unbranched alkanes of at least 4 members (excludes halogenated alkanes) is 25. The second kappa shape index (κ2) is 31.0. The lowest BCUT2D eigenvalue weighted by Crippen LogP contribution is -2.48. The predicted octanol–water partition coefficient (Wildman–Crippen LogP) is 9.52. The quantitative estimate of drug-likeness (QED) is 0.0455. The zero-order valence-corrected chi connectivity index (χ0v) is 27.6. The highest BCUT2D eigenvalue weighted by atomic mass is 16.3. The van der Waals surface area contributed by atoms with Gasteiger partial charge in [-0.3, -0.25) is 4.79 Å². The number of hydrogen-bond donors (Lipinski definition) is 4. The van der Waals surface area contributed by atoms with Crippen molar-refractivity contribution in [1.82, 2.24) is 0 Å². The van der Waals surface area contributed by atoms with E-state index in [9.17, 15) is 20.1 Å². The van der Waals surface area contributed by atoms with Crippen molar-refractivity contribution in [2.45, 2.75) is 218 Å². The highest BCUT2D eigenvalue weighted by molar-refractivity contribution is 5.82. The van der Waals surface area contributed by atoms with Gasteiger partial charge in [-0.2, -0.15) is 0 Å². The summed E-state index contributed by atoms with van der Waals surface area (Å²) in [6, 6.07) is 0. The maximum absolute atomic E-state index is 12.7. The Hall–Kier alpha value is -0.490. The molecule has 5 nitrogen and oxygen atoms in total. The zero-order chi connectivity index (χ0) is 30.4. The molecule has 0 amide bonds. The molecule has 0 heterocycles. The van der Waals surface area contributed by atoms with E-state index in [0.717, 1.165) is 38.5 Å². The van der Waals surface area contributed by atoms with Crippen LogP contribution in [0.1, 0.15) is 200 Å². The molecular formula is C36H73NO4. The van der Waals surface area contributed by atoms with Crippen LogP contribution in [0.2, 0.25) is 0 Å². The van der Waals surface area contributed by atoms with Gasteiger partial charge in [0.25, 0.3) is 0 Å². The van der Waals surface area contributed by atoms with E-state index in [0.29, 0.717) is 12.8 Å². The number of nitrogens with two attached hydrogens (primary N) is 1. The standard InChI is InChI=1S/C36H73NO4/c1-3-5-7-9-11-13-15-17-18-19-21-22-24-26-28-30-32(38)34(36(37)41)35(40)33(39)31-29-27-25-23-20-16-14-12-10-8-6-4-2/h33-36,39-41H,3-31,37H2,1-2H3. The van der Waals surface area contributed by atoms with Crippen LogP contribution >= 0.6 is 0 Å². The van der Waals surface area contributed by atoms with Gasteiger partial charge < -0.3 is 21.1 Å². The van der Waals surface area contributed by atoms with E-state index in [1.807, 2.05) is 0 Å². The van der Waals surface area contributed by atoms with Crippen LogP contribution in [0, 0.1) is 5.92 Å². The zero-order valence-electron chi connectivity index (χ0n) is 27.6. The lowest BCUT2D eigenvalue weighted by molar-refractivity contribution is -0.137. The maximum Gasteiger partial charge on any atom is 0.142 e. The van der Waals surface area contributed by atoms with Gasteiger partial charge in [0.05, 0.1) is 18.1 Å². The fraction of sp³-hybridized carbons (Fsp3) is 0.972. The molecule has 0 saturated heterocycles. The van der Waals surface area contributed by atoms with Gasteiger partial charge >= 0.3 is 0 Å². The fourth-order valence-electron chi connectivity index (χ4n) is 6.02. The number of ketones is 1. The fourth-order valence-corrected chi connectivity index (χ4v) is 6.02. The average Bonchev–Trinajstić information content (AvgIpc) is 2.95. The summed E-state index contributed by atoms with van der Waals surface area (Å²) in [7, 11) is 0. The predicted molar refractivity (Wildman–Crippen MR) is 176 cm³/mol. The molecule has 0 spiro atoms. The Balaban J connectivity index is 3.81. The molecule has 0 aromatic heterocycles. The van der Waals surface area contributed by atoms with Crippen molar-refractivity contribution in [3.05, 3.63) is 0 Å². The number of aliphatic hydroxyl groups excluding tert-OH is 3. The first kappa shape index (κ1) is 40.5. The molecule has 0 aromatic carbocycles. The summed E-state index contributed by atoms with van der Waals surface area (Å²) in [6.45, 7) is 4.52. The molecule has 0 bridgehead atoms. The van der Waals surface area contributed by atoms with Gasteiger partial charge in [-0.1, -0.05) is 181 Å². The molecular weight excluding hydrogens is 510 g/mol. The van der Waals surface area contributed by atoms with Crippen molar-refractivity contribution in [2.24, 2.45) is 11.7 Å². The molecule has 4 unspecified atom stereocenters. The third-order valence-corrected chi connectivity index (χ3v) is 8.88. The third-order valence-electron chi connectivity index (χ3n) is 8.88. The van der Waals surface area contributed by atoms with Crippen LogP contribution < -0.4 is 5.73 Å². The van der Waals surface area contributed by atoms with Crippen LogP contribution in [-0.4, -0.2) is 39.5 Å². The summed E-state index contributed by atoms with van der Waals surface area (Å²) in [5, 5.41) is 31.1. The SMILES string of the molecule is CCCCCCCCCCCCCCCCCC(=O)C(C(N)O)C(O)C(O)CCCCCCCCCCCCCC. The van der Waals surface area contributed by atoms with Gasteiger partial charge in [0.15, 0.2) is 0 Å². The third kappa shape index (κ3) is 25.7. The van der Waals surface area contributed by atoms with E-state index in [1.165, 1.54) is 135 Å². The first-order chi connectivity index (χ1) is 20.0. The number of Topliss-reactive ketones (excluding diaryl/α,β-unsaturated/α-hetero) is 1. The number of rotatable bonds is 33. The Labute approximate surface area is 255 Å². The highest BCUT2D eigenvalue weighted by Gasteiger charge is 2.35. The van der Waals surface area contributed by atoms with Crippen LogP contribution in [0.4, 0.5) is 0 Å². The maximum atomic E-state index is 12.7. The van der Waals surface area contributed by atoms with E-state index in [2.05, 4.69) is 13.8 Å². The minimum absolute atomic E-state index is 0.226. The summed E-state index contributed by atoms with van der Waals surface area (Å²) in [4.78, 5) is 12.7. The van der Waals surface area contributed by atoms with E-state index in [1.54, 1.807) is 0 Å². The van der Waals surface area contributed by atoms with Crippen LogP contribution in [0.25, 0.3) is 0 Å². The summed E-state index contributed by atoms with van der Waals surface area (Å²) >= 11 is 0. The Bertz CT molecular complexity index is 542. The van der Waals surface area contributed by atoms with E-state index >= 15 is 0 Å². The van der Waals surface area contributed by atoms with Crippen LogP contribution in [0.3, 0.4) is 0 Å². The Morgan fingerprint density at radius 1 is 0.488 bits per heavy atom. The van der Waals surface area contributed by atoms with Crippen LogP contribution in [-0.2, 0) is 4.79 Å². The molecule has 0 rings (SSSR count). The minimum Gasteiger partial charge on any atom is -0.390 e. The summed E-state index contributed by atoms with van der Waals surface area (Å²) in [5.74, 6) is -1.33. The summed E-state index contributed by atoms with van der Waals surface area (Å²) < 4.78 is 0. The van der Waals surface area contributed by atoms with Crippen LogP contribution in [0.5, 0.6) is 0 Å². The molecule has 4 atom stereocenters. The van der Waals surface area contributed by atoms with Crippen molar-refractivity contribution in [1.29, 1.82) is 0 Å². The number of carbonyl (C=O) groups is 1. The van der Waals surface area contributed by atoms with E-state index < -0.39 is 24.4 Å². The molecule has 0 saturated carbocycles. The molecule has 5 N–H and O–H groups in total. The normalized spacial score (nSPS) is 14.7. The van der Waals surface area contributed by atoms with Gasteiger partial charge in [0.1, 0.15) is 12.0 Å². The molecule has 5 heteroatoms. The average molecular weight is 584 g/mol. The minimum atomic E-state index is -1.44. The molecule has 0 aromatic rings. The van der Waals surface area contributed by atoms with E-state index in [4.69, 9.17) is 5.73 Å². The molecule has 0 fully saturated rings. The largest absolute Gasteiger partial charge is 0.390 e. The Kier molecular flexibility index (Phi) is 30.6. The van der Waals surface area contributed by atoms with E-state index in [-0.39, 0.29) is 5.78 Å². The molecule has 0 aliphatic rings.